The van der Waals surface area contributed by atoms with Gasteiger partial charge in [0.25, 0.3) is 5.91 Å². The largest absolute Gasteiger partial charge is 0.338 e. The molecule has 0 aliphatic carbocycles. The van der Waals surface area contributed by atoms with Gasteiger partial charge in [0, 0.05) is 26.2 Å². The SMILES string of the molecule is CCC(C)C(N)C(=O)N1CCN(C(=O)c2c(Cl)cccc2Cl)CC1. The van der Waals surface area contributed by atoms with E-state index in [1.165, 1.54) is 0 Å². The van der Waals surface area contributed by atoms with Crippen LogP contribution in [0.4, 0.5) is 0 Å². The molecule has 1 aromatic carbocycles. The lowest BCUT2D eigenvalue weighted by Gasteiger charge is -2.36. The fraction of sp³-hybridized carbons (Fsp3) is 0.529. The number of nitrogens with two attached hydrogens (primary N) is 1. The van der Waals surface area contributed by atoms with Crippen LogP contribution in [0, 0.1) is 5.92 Å². The molecule has 2 N–H and O–H groups in total. The van der Waals surface area contributed by atoms with E-state index in [4.69, 9.17) is 28.9 Å². The predicted molar refractivity (Wildman–Crippen MR) is 96.4 cm³/mol. The van der Waals surface area contributed by atoms with Crippen molar-refractivity contribution < 1.29 is 9.59 Å². The van der Waals surface area contributed by atoms with Gasteiger partial charge in [-0.3, -0.25) is 9.59 Å². The summed E-state index contributed by atoms with van der Waals surface area (Å²) in [4.78, 5) is 28.4. The van der Waals surface area contributed by atoms with Crippen LogP contribution in [-0.2, 0) is 4.79 Å². The fourth-order valence-electron chi connectivity index (χ4n) is 2.70. The standard InChI is InChI=1S/C17H23Cl2N3O2/c1-3-11(2)15(20)17(24)22-9-7-21(8-10-22)16(23)14-12(18)5-4-6-13(14)19/h4-6,11,15H,3,7-10,20H2,1-2H3. The Kier molecular flexibility index (Phi) is 6.49. The lowest BCUT2D eigenvalue weighted by molar-refractivity contribution is -0.135. The monoisotopic (exact) mass is 371 g/mol. The van der Waals surface area contributed by atoms with Gasteiger partial charge in [-0.25, -0.2) is 0 Å². The summed E-state index contributed by atoms with van der Waals surface area (Å²) >= 11 is 12.2. The van der Waals surface area contributed by atoms with Crippen LogP contribution in [0.5, 0.6) is 0 Å². The summed E-state index contributed by atoms with van der Waals surface area (Å²) in [5, 5.41) is 0.676. The highest BCUT2D eigenvalue weighted by atomic mass is 35.5. The Hall–Kier alpha value is -1.30. The molecule has 1 heterocycles. The Labute approximate surface area is 152 Å². The first kappa shape index (κ1) is 19.0. The van der Waals surface area contributed by atoms with E-state index in [0.717, 1.165) is 6.42 Å². The topological polar surface area (TPSA) is 66.6 Å². The third-order valence-corrected chi connectivity index (χ3v) is 5.23. The molecule has 132 valence electrons. The zero-order valence-corrected chi connectivity index (χ0v) is 15.5. The van der Waals surface area contributed by atoms with Crippen LogP contribution < -0.4 is 5.73 Å². The first-order valence-electron chi connectivity index (χ1n) is 8.14. The molecule has 5 nitrogen and oxygen atoms in total. The highest BCUT2D eigenvalue weighted by Gasteiger charge is 2.30. The van der Waals surface area contributed by atoms with Gasteiger partial charge in [0.2, 0.25) is 5.91 Å². The van der Waals surface area contributed by atoms with E-state index in [-0.39, 0.29) is 17.7 Å². The molecule has 2 atom stereocenters. The van der Waals surface area contributed by atoms with Crippen molar-refractivity contribution in [2.24, 2.45) is 11.7 Å². The molecule has 7 heteroatoms. The molecular weight excluding hydrogens is 349 g/mol. The fourth-order valence-corrected chi connectivity index (χ4v) is 3.26. The number of hydrogen-bond acceptors (Lipinski definition) is 3. The average Bonchev–Trinajstić information content (AvgIpc) is 2.59. The second-order valence-electron chi connectivity index (χ2n) is 6.13. The van der Waals surface area contributed by atoms with Crippen LogP contribution >= 0.6 is 23.2 Å². The maximum atomic E-state index is 12.6. The number of carbonyl (C=O) groups excluding carboxylic acids is 2. The molecular formula is C17H23Cl2N3O2. The molecule has 1 fully saturated rings. The van der Waals surface area contributed by atoms with Gasteiger partial charge in [0.05, 0.1) is 21.7 Å². The van der Waals surface area contributed by atoms with Gasteiger partial charge >= 0.3 is 0 Å². The lowest BCUT2D eigenvalue weighted by Crippen LogP contribution is -2.55. The molecule has 0 aromatic heterocycles. The Morgan fingerprint density at radius 3 is 2.12 bits per heavy atom. The summed E-state index contributed by atoms with van der Waals surface area (Å²) in [6, 6.07) is 4.50. The summed E-state index contributed by atoms with van der Waals surface area (Å²) in [6.45, 7) is 5.82. The number of piperazine rings is 1. The number of hydrogen-bond donors (Lipinski definition) is 1. The van der Waals surface area contributed by atoms with E-state index in [2.05, 4.69) is 0 Å². The molecule has 0 bridgehead atoms. The number of halogens is 2. The third-order valence-electron chi connectivity index (χ3n) is 4.60. The Balaban J connectivity index is 2.00. The summed E-state index contributed by atoms with van der Waals surface area (Å²) in [6.07, 6.45) is 0.858. The summed E-state index contributed by atoms with van der Waals surface area (Å²) < 4.78 is 0. The van der Waals surface area contributed by atoms with Crippen molar-refractivity contribution in [1.82, 2.24) is 9.80 Å². The summed E-state index contributed by atoms with van der Waals surface area (Å²) in [5.74, 6) is -0.116. The first-order valence-corrected chi connectivity index (χ1v) is 8.90. The molecule has 0 spiro atoms. The highest BCUT2D eigenvalue weighted by Crippen LogP contribution is 2.26. The van der Waals surface area contributed by atoms with Gasteiger partial charge in [0.1, 0.15) is 0 Å². The minimum atomic E-state index is -0.490. The van der Waals surface area contributed by atoms with Crippen LogP contribution in [0.3, 0.4) is 0 Å². The molecule has 24 heavy (non-hydrogen) atoms. The third kappa shape index (κ3) is 4.02. The van der Waals surface area contributed by atoms with Gasteiger partial charge < -0.3 is 15.5 Å². The van der Waals surface area contributed by atoms with Crippen molar-refractivity contribution in [2.75, 3.05) is 26.2 Å². The van der Waals surface area contributed by atoms with Crippen LogP contribution in [0.2, 0.25) is 10.0 Å². The smallest absolute Gasteiger partial charge is 0.257 e. The number of rotatable bonds is 4. The number of amides is 2. The molecule has 1 saturated heterocycles. The molecule has 0 saturated carbocycles. The molecule has 2 rings (SSSR count). The molecule has 1 aliphatic heterocycles. The Bertz CT molecular complexity index is 596. The second kappa shape index (κ2) is 8.19. The van der Waals surface area contributed by atoms with E-state index in [0.29, 0.717) is 41.8 Å². The lowest BCUT2D eigenvalue weighted by atomic mass is 9.98. The van der Waals surface area contributed by atoms with Gasteiger partial charge in [0.15, 0.2) is 0 Å². The van der Waals surface area contributed by atoms with Crippen molar-refractivity contribution in [2.45, 2.75) is 26.3 Å². The quantitative estimate of drug-likeness (QED) is 0.884. The minimum absolute atomic E-state index is 0.0489. The maximum Gasteiger partial charge on any atom is 0.257 e. The summed E-state index contributed by atoms with van der Waals surface area (Å²) in [5.41, 5.74) is 6.34. The van der Waals surface area contributed by atoms with Crippen molar-refractivity contribution in [3.8, 4) is 0 Å². The van der Waals surface area contributed by atoms with Crippen molar-refractivity contribution in [3.63, 3.8) is 0 Å². The average molecular weight is 372 g/mol. The second-order valence-corrected chi connectivity index (χ2v) is 6.94. The van der Waals surface area contributed by atoms with Crippen LogP contribution in [0.25, 0.3) is 0 Å². The van der Waals surface area contributed by atoms with Crippen LogP contribution in [0.1, 0.15) is 30.6 Å². The zero-order chi connectivity index (χ0) is 17.9. The van der Waals surface area contributed by atoms with Crippen molar-refractivity contribution >= 4 is 35.0 Å². The van der Waals surface area contributed by atoms with Crippen molar-refractivity contribution in [1.29, 1.82) is 0 Å². The normalized spacial score (nSPS) is 17.5. The van der Waals surface area contributed by atoms with E-state index in [1.54, 1.807) is 28.0 Å². The van der Waals surface area contributed by atoms with Crippen LogP contribution in [-0.4, -0.2) is 53.8 Å². The van der Waals surface area contributed by atoms with Gasteiger partial charge in [-0.15, -0.1) is 0 Å². The Morgan fingerprint density at radius 2 is 1.62 bits per heavy atom. The number of nitrogens with zero attached hydrogens (tertiary/aromatic N) is 2. The molecule has 1 aliphatic rings. The Morgan fingerprint density at radius 1 is 1.12 bits per heavy atom. The predicted octanol–water partition coefficient (Wildman–Crippen LogP) is 2.65. The molecule has 1 aromatic rings. The zero-order valence-electron chi connectivity index (χ0n) is 14.0. The minimum Gasteiger partial charge on any atom is -0.338 e. The van der Waals surface area contributed by atoms with Gasteiger partial charge in [-0.05, 0) is 18.1 Å². The molecule has 0 radical (unpaired) electrons. The maximum absolute atomic E-state index is 12.6. The van der Waals surface area contributed by atoms with Crippen molar-refractivity contribution in [3.05, 3.63) is 33.8 Å². The van der Waals surface area contributed by atoms with Gasteiger partial charge in [-0.2, -0.15) is 0 Å². The van der Waals surface area contributed by atoms with E-state index in [1.807, 2.05) is 13.8 Å². The molecule has 2 unspecified atom stereocenters. The highest BCUT2D eigenvalue weighted by molar-refractivity contribution is 6.39. The van der Waals surface area contributed by atoms with Gasteiger partial charge in [-0.1, -0.05) is 49.5 Å². The number of carbonyl (C=O) groups is 2. The number of benzene rings is 1. The van der Waals surface area contributed by atoms with E-state index < -0.39 is 6.04 Å². The van der Waals surface area contributed by atoms with Crippen LogP contribution in [0.15, 0.2) is 18.2 Å². The molecule has 2 amide bonds. The first-order chi connectivity index (χ1) is 11.4. The van der Waals surface area contributed by atoms with E-state index in [9.17, 15) is 9.59 Å². The summed E-state index contributed by atoms with van der Waals surface area (Å²) in [7, 11) is 0. The van der Waals surface area contributed by atoms with E-state index >= 15 is 0 Å².